The Morgan fingerprint density at radius 1 is 1.19 bits per heavy atom. The van der Waals surface area contributed by atoms with E-state index in [0.717, 1.165) is 30.3 Å². The molecule has 2 fully saturated rings. The molecule has 1 aliphatic carbocycles. The molecule has 1 atom stereocenters. The normalized spacial score (nSPS) is 19.5. The summed E-state index contributed by atoms with van der Waals surface area (Å²) in [5, 5.41) is 19.8. The largest absolute Gasteiger partial charge is 0.353 e. The van der Waals surface area contributed by atoms with Crippen LogP contribution in [0.15, 0.2) is 30.6 Å². The summed E-state index contributed by atoms with van der Waals surface area (Å²) in [6, 6.07) is 5.54. The monoisotopic (exact) mass is 437 g/mol. The molecule has 6 rings (SSSR count). The van der Waals surface area contributed by atoms with Crippen LogP contribution in [0.25, 0.3) is 27.9 Å². The van der Waals surface area contributed by atoms with Gasteiger partial charge in [-0.2, -0.15) is 9.61 Å². The minimum atomic E-state index is -0.497. The lowest BCUT2D eigenvalue weighted by molar-refractivity contribution is -0.121. The molecular formula is C20H20ClN9O. The van der Waals surface area contributed by atoms with Crippen molar-refractivity contribution in [1.29, 1.82) is 0 Å². The third-order valence-electron chi connectivity index (χ3n) is 5.60. The number of carbonyl (C=O) groups excluding carboxylic acids is 1. The van der Waals surface area contributed by atoms with Crippen LogP contribution in [0.1, 0.15) is 18.9 Å². The van der Waals surface area contributed by atoms with E-state index in [1.54, 1.807) is 16.8 Å². The summed E-state index contributed by atoms with van der Waals surface area (Å²) in [5.74, 6) is 0.866. The molecular weight excluding hydrogens is 418 g/mol. The van der Waals surface area contributed by atoms with Gasteiger partial charge in [0.1, 0.15) is 6.04 Å². The lowest BCUT2D eigenvalue weighted by atomic mass is 10.2. The van der Waals surface area contributed by atoms with E-state index < -0.39 is 6.04 Å². The number of hydrogen-bond acceptors (Lipinski definition) is 7. The van der Waals surface area contributed by atoms with Gasteiger partial charge in [-0.1, -0.05) is 17.7 Å². The Hall–Kier alpha value is -3.24. The summed E-state index contributed by atoms with van der Waals surface area (Å²) in [7, 11) is 0. The zero-order valence-corrected chi connectivity index (χ0v) is 17.3. The maximum absolute atomic E-state index is 12.5. The summed E-state index contributed by atoms with van der Waals surface area (Å²) >= 11 is 6.44. The number of anilines is 1. The highest BCUT2D eigenvalue weighted by Gasteiger charge is 2.26. The van der Waals surface area contributed by atoms with E-state index >= 15 is 0 Å². The van der Waals surface area contributed by atoms with E-state index in [2.05, 4.69) is 21.0 Å². The number of rotatable bonds is 4. The van der Waals surface area contributed by atoms with Crippen LogP contribution in [-0.2, 0) is 4.79 Å². The predicted molar refractivity (Wildman–Crippen MR) is 116 cm³/mol. The van der Waals surface area contributed by atoms with E-state index in [1.165, 1.54) is 0 Å². The lowest BCUT2D eigenvalue weighted by Crippen LogP contribution is -2.42. The maximum Gasteiger partial charge on any atom is 0.243 e. The molecule has 11 heteroatoms. The molecule has 0 spiro atoms. The quantitative estimate of drug-likeness (QED) is 0.444. The summed E-state index contributed by atoms with van der Waals surface area (Å²) in [4.78, 5) is 21.9. The van der Waals surface area contributed by atoms with E-state index in [4.69, 9.17) is 26.7 Å². The number of nitrogens with zero attached hydrogens (tertiary/aromatic N) is 6. The fraction of sp³-hybridized carbons (Fsp3) is 0.350. The number of fused-ring (bicyclic) bond motifs is 3. The van der Waals surface area contributed by atoms with Gasteiger partial charge in [-0.3, -0.25) is 9.48 Å². The van der Waals surface area contributed by atoms with Crippen molar-refractivity contribution < 1.29 is 4.79 Å². The van der Waals surface area contributed by atoms with Crippen LogP contribution < -0.4 is 16.0 Å². The molecule has 158 valence electrons. The molecule has 4 heterocycles. The average Bonchev–Trinajstić information content (AvgIpc) is 3.38. The van der Waals surface area contributed by atoms with Gasteiger partial charge in [-0.25, -0.2) is 9.97 Å². The van der Waals surface area contributed by atoms with Crippen LogP contribution in [0.5, 0.6) is 0 Å². The lowest BCUT2D eigenvalue weighted by Gasteiger charge is -2.16. The molecule has 1 saturated heterocycles. The van der Waals surface area contributed by atoms with E-state index in [0.29, 0.717) is 47.1 Å². The van der Waals surface area contributed by atoms with Gasteiger partial charge >= 0.3 is 0 Å². The second kappa shape index (κ2) is 7.17. The van der Waals surface area contributed by atoms with Crippen LogP contribution in [0, 0.1) is 0 Å². The van der Waals surface area contributed by atoms with Gasteiger partial charge in [0.05, 0.1) is 28.3 Å². The number of benzene rings is 1. The summed E-state index contributed by atoms with van der Waals surface area (Å²) < 4.78 is 3.61. The summed E-state index contributed by atoms with van der Waals surface area (Å²) in [6.07, 6.45) is 6.06. The predicted octanol–water partition coefficient (Wildman–Crippen LogP) is 1.63. The third kappa shape index (κ3) is 3.28. The maximum atomic E-state index is 12.5. The van der Waals surface area contributed by atoms with Crippen LogP contribution in [0.2, 0.25) is 5.02 Å². The second-order valence-electron chi connectivity index (χ2n) is 7.87. The van der Waals surface area contributed by atoms with Gasteiger partial charge in [0.2, 0.25) is 11.9 Å². The number of para-hydroxylation sites is 1. The Morgan fingerprint density at radius 3 is 2.97 bits per heavy atom. The minimum absolute atomic E-state index is 0.0924. The molecule has 3 N–H and O–H groups in total. The van der Waals surface area contributed by atoms with Crippen molar-refractivity contribution in [3.63, 3.8) is 0 Å². The van der Waals surface area contributed by atoms with Crippen molar-refractivity contribution in [3.8, 4) is 11.4 Å². The van der Waals surface area contributed by atoms with Crippen LogP contribution in [0.4, 0.5) is 5.95 Å². The molecule has 1 amide bonds. The molecule has 10 nitrogen and oxygen atoms in total. The number of amides is 1. The molecule has 0 bridgehead atoms. The second-order valence-corrected chi connectivity index (χ2v) is 8.28. The number of hydrogen-bond donors (Lipinski definition) is 3. The Morgan fingerprint density at radius 2 is 2.10 bits per heavy atom. The SMILES string of the molecule is O=C1NCCNC[C@H]1Nc1nc2c(Cl)cccc2c2nc(-c3cnn(C4CC4)c3)nn12. The Balaban J connectivity index is 1.49. The Labute approximate surface area is 182 Å². The van der Waals surface area contributed by atoms with Crippen molar-refractivity contribution in [2.75, 3.05) is 25.0 Å². The molecule has 2 aliphatic rings. The standard InChI is InChI=1S/C20H20ClN9O/c21-14-3-1-2-13-16(14)26-20(25-15-9-22-6-7-23-19(15)31)30-18(13)27-17(28-30)11-8-24-29(10-11)12-4-5-12/h1-3,8,10,12,15,22H,4-7,9H2,(H,23,31)(H,25,26)/t15-/m1/s1. The highest BCUT2D eigenvalue weighted by atomic mass is 35.5. The van der Waals surface area contributed by atoms with Gasteiger partial charge in [0, 0.05) is 31.2 Å². The fourth-order valence-electron chi connectivity index (χ4n) is 3.81. The molecule has 1 saturated carbocycles. The topological polar surface area (TPSA) is 114 Å². The van der Waals surface area contributed by atoms with E-state index in [-0.39, 0.29) is 5.91 Å². The van der Waals surface area contributed by atoms with Crippen LogP contribution in [-0.4, -0.2) is 60.9 Å². The molecule has 1 aromatic carbocycles. The first-order valence-electron chi connectivity index (χ1n) is 10.3. The Bertz CT molecular complexity index is 1310. The third-order valence-corrected chi connectivity index (χ3v) is 5.91. The van der Waals surface area contributed by atoms with Gasteiger partial charge in [0.15, 0.2) is 11.5 Å². The fourth-order valence-corrected chi connectivity index (χ4v) is 4.03. The average molecular weight is 438 g/mol. The highest BCUT2D eigenvalue weighted by molar-refractivity contribution is 6.35. The number of nitrogens with one attached hydrogen (secondary N) is 3. The summed E-state index contributed by atoms with van der Waals surface area (Å²) in [5.41, 5.74) is 2.06. The van der Waals surface area contributed by atoms with Crippen molar-refractivity contribution in [1.82, 2.24) is 40.0 Å². The number of carbonyl (C=O) groups is 1. The first-order valence-corrected chi connectivity index (χ1v) is 10.7. The molecule has 3 aromatic heterocycles. The number of halogens is 1. The van der Waals surface area contributed by atoms with Crippen LogP contribution >= 0.6 is 11.6 Å². The zero-order chi connectivity index (χ0) is 20.9. The van der Waals surface area contributed by atoms with Gasteiger partial charge < -0.3 is 16.0 Å². The van der Waals surface area contributed by atoms with E-state index in [1.807, 2.05) is 23.0 Å². The first-order chi connectivity index (χ1) is 15.2. The van der Waals surface area contributed by atoms with Gasteiger partial charge in [-0.15, -0.1) is 5.10 Å². The first kappa shape index (κ1) is 18.5. The molecule has 31 heavy (non-hydrogen) atoms. The molecule has 4 aromatic rings. The summed E-state index contributed by atoms with van der Waals surface area (Å²) in [6.45, 7) is 1.78. The Kier molecular flexibility index (Phi) is 4.29. The van der Waals surface area contributed by atoms with Crippen molar-refractivity contribution in [2.24, 2.45) is 0 Å². The smallest absolute Gasteiger partial charge is 0.243 e. The van der Waals surface area contributed by atoms with E-state index in [9.17, 15) is 4.79 Å². The van der Waals surface area contributed by atoms with Crippen LogP contribution in [0.3, 0.4) is 0 Å². The molecule has 1 aliphatic heterocycles. The minimum Gasteiger partial charge on any atom is -0.353 e. The van der Waals surface area contributed by atoms with Crippen molar-refractivity contribution in [2.45, 2.75) is 24.9 Å². The zero-order valence-electron chi connectivity index (χ0n) is 16.5. The molecule has 0 radical (unpaired) electrons. The van der Waals surface area contributed by atoms with Crippen molar-refractivity contribution >= 4 is 40.0 Å². The number of aromatic nitrogens is 6. The van der Waals surface area contributed by atoms with Gasteiger partial charge in [-0.05, 0) is 25.0 Å². The van der Waals surface area contributed by atoms with Gasteiger partial charge in [0.25, 0.3) is 0 Å². The van der Waals surface area contributed by atoms with Crippen molar-refractivity contribution in [3.05, 3.63) is 35.6 Å². The highest BCUT2D eigenvalue weighted by Crippen LogP contribution is 2.35. The molecule has 0 unspecified atom stereocenters.